The van der Waals surface area contributed by atoms with E-state index in [2.05, 4.69) is 41.8 Å². The van der Waals surface area contributed by atoms with Crippen LogP contribution in [-0.4, -0.2) is 30.2 Å². The predicted molar refractivity (Wildman–Crippen MR) is 124 cm³/mol. The molecule has 31 heavy (non-hydrogen) atoms. The number of fused-ring (bicyclic) bond motifs is 2. The summed E-state index contributed by atoms with van der Waals surface area (Å²) < 4.78 is 3.48. The number of carbonyl (C=O) groups excluding carboxylic acids is 1. The number of aldehydes is 1. The Kier molecular flexibility index (Phi) is 6.83. The summed E-state index contributed by atoms with van der Waals surface area (Å²) in [5, 5.41) is 9.52. The molecule has 10 heteroatoms. The maximum Gasteiger partial charge on any atom is 0.273 e. The largest absolute Gasteiger partial charge is 0.387 e. The molecule has 0 aliphatic rings. The lowest BCUT2D eigenvalue weighted by Gasteiger charge is -2.10. The Morgan fingerprint density at radius 3 is 1.87 bits per heavy atom. The van der Waals surface area contributed by atoms with E-state index in [4.69, 9.17) is 0 Å². The minimum Gasteiger partial charge on any atom is -0.387 e. The van der Waals surface area contributed by atoms with Gasteiger partial charge in [0.05, 0.1) is 11.8 Å². The third-order valence-electron chi connectivity index (χ3n) is 4.54. The summed E-state index contributed by atoms with van der Waals surface area (Å²) in [6, 6.07) is 10.7. The van der Waals surface area contributed by atoms with Crippen LogP contribution in [0.1, 0.15) is 40.6 Å². The van der Waals surface area contributed by atoms with Crippen LogP contribution in [0.25, 0.3) is 11.3 Å². The van der Waals surface area contributed by atoms with Crippen LogP contribution >= 0.6 is 31.9 Å². The molecule has 0 aliphatic carbocycles. The fourth-order valence-corrected chi connectivity index (χ4v) is 3.98. The Morgan fingerprint density at radius 2 is 1.39 bits per heavy atom. The smallest absolute Gasteiger partial charge is 0.273 e. The lowest BCUT2D eigenvalue weighted by molar-refractivity contribution is 0.111. The zero-order chi connectivity index (χ0) is 22.9. The second-order valence-electron chi connectivity index (χ2n) is 6.75. The third-order valence-corrected chi connectivity index (χ3v) is 6.03. The van der Waals surface area contributed by atoms with Crippen molar-refractivity contribution in [1.82, 2.24) is 18.8 Å². The molecule has 1 unspecified atom stereocenters. The monoisotopic (exact) mass is 548 g/mol. The molecule has 0 saturated carbocycles. The van der Waals surface area contributed by atoms with Crippen molar-refractivity contribution in [2.24, 2.45) is 0 Å². The van der Waals surface area contributed by atoms with Gasteiger partial charge in [-0.1, -0.05) is 12.1 Å². The number of aromatic nitrogens is 4. The molecule has 0 spiro atoms. The van der Waals surface area contributed by atoms with E-state index >= 15 is 0 Å². The van der Waals surface area contributed by atoms with Crippen LogP contribution in [0, 0.1) is 13.8 Å². The molecule has 0 fully saturated rings. The second-order valence-corrected chi connectivity index (χ2v) is 8.33. The molecular formula is C21H18Br2N4O4. The van der Waals surface area contributed by atoms with E-state index < -0.39 is 6.10 Å². The average Bonchev–Trinajstić information content (AvgIpc) is 2.73. The minimum absolute atomic E-state index is 0.130. The van der Waals surface area contributed by atoms with Gasteiger partial charge in [-0.3, -0.25) is 23.2 Å². The van der Waals surface area contributed by atoms with E-state index in [-0.39, 0.29) is 21.3 Å². The van der Waals surface area contributed by atoms with Gasteiger partial charge in [0.2, 0.25) is 0 Å². The van der Waals surface area contributed by atoms with Gasteiger partial charge in [-0.05, 0) is 76.9 Å². The van der Waals surface area contributed by atoms with Crippen molar-refractivity contribution in [1.29, 1.82) is 0 Å². The first-order chi connectivity index (χ1) is 14.7. The maximum atomic E-state index is 12.0. The highest BCUT2D eigenvalue weighted by Gasteiger charge is 2.14. The molecule has 4 rings (SSSR count). The van der Waals surface area contributed by atoms with Crippen molar-refractivity contribution in [3.63, 3.8) is 0 Å². The van der Waals surface area contributed by atoms with E-state index in [1.165, 1.54) is 8.80 Å². The van der Waals surface area contributed by atoms with Crippen LogP contribution in [0.15, 0.2) is 54.9 Å². The van der Waals surface area contributed by atoms with Gasteiger partial charge in [-0.15, -0.1) is 0 Å². The first kappa shape index (κ1) is 23.0. The Morgan fingerprint density at radius 1 is 0.903 bits per heavy atom. The molecule has 0 radical (unpaired) electrons. The summed E-state index contributed by atoms with van der Waals surface area (Å²) in [5.74, 6) is 0. The third kappa shape index (κ3) is 4.36. The van der Waals surface area contributed by atoms with Crippen molar-refractivity contribution in [2.45, 2.75) is 26.9 Å². The van der Waals surface area contributed by atoms with Gasteiger partial charge in [0, 0.05) is 11.4 Å². The van der Waals surface area contributed by atoms with Crippen molar-refractivity contribution < 1.29 is 9.90 Å². The average molecular weight is 550 g/mol. The normalized spacial score (nSPS) is 11.8. The summed E-state index contributed by atoms with van der Waals surface area (Å²) in [6.07, 6.45) is -0.207. The quantitative estimate of drug-likeness (QED) is 0.384. The SMILES string of the molecule is Cc1cccc2nc(C(C)O)c(Br)c(=O)n12.Cc1cccc2nc(C=O)c(Br)c(=O)n12. The Labute approximate surface area is 193 Å². The van der Waals surface area contributed by atoms with Gasteiger partial charge in [0.1, 0.15) is 25.9 Å². The van der Waals surface area contributed by atoms with Crippen LogP contribution in [0.3, 0.4) is 0 Å². The molecule has 8 nitrogen and oxygen atoms in total. The van der Waals surface area contributed by atoms with Gasteiger partial charge < -0.3 is 5.11 Å². The van der Waals surface area contributed by atoms with Crippen molar-refractivity contribution in [2.75, 3.05) is 0 Å². The van der Waals surface area contributed by atoms with E-state index in [1.54, 1.807) is 25.1 Å². The summed E-state index contributed by atoms with van der Waals surface area (Å²) in [6.45, 7) is 5.23. The predicted octanol–water partition coefficient (Wildman–Crippen LogP) is 3.40. The summed E-state index contributed by atoms with van der Waals surface area (Å²) in [4.78, 5) is 42.9. The molecule has 1 atom stereocenters. The molecule has 0 amide bonds. The summed E-state index contributed by atoms with van der Waals surface area (Å²) in [5.41, 5.74) is 2.66. The van der Waals surface area contributed by atoms with Gasteiger partial charge in [0.25, 0.3) is 11.1 Å². The summed E-state index contributed by atoms with van der Waals surface area (Å²) in [7, 11) is 0. The molecule has 0 aromatic carbocycles. The number of pyridine rings is 2. The van der Waals surface area contributed by atoms with Crippen LogP contribution in [0.2, 0.25) is 0 Å². The number of aryl methyl sites for hydroxylation is 2. The number of nitrogens with zero attached hydrogens (tertiary/aromatic N) is 4. The van der Waals surface area contributed by atoms with Crippen molar-refractivity contribution in [3.8, 4) is 0 Å². The molecule has 4 heterocycles. The van der Waals surface area contributed by atoms with Crippen LogP contribution in [0.5, 0.6) is 0 Å². The van der Waals surface area contributed by atoms with Crippen molar-refractivity contribution >= 4 is 49.4 Å². The lowest BCUT2D eigenvalue weighted by Crippen LogP contribution is -2.20. The first-order valence-corrected chi connectivity index (χ1v) is 10.7. The Hall–Kier alpha value is -2.69. The molecule has 4 aromatic rings. The second kappa shape index (κ2) is 9.21. The Balaban J connectivity index is 0.000000176. The zero-order valence-electron chi connectivity index (χ0n) is 16.8. The van der Waals surface area contributed by atoms with Crippen LogP contribution in [0.4, 0.5) is 0 Å². The van der Waals surface area contributed by atoms with E-state index in [0.29, 0.717) is 27.7 Å². The fourth-order valence-electron chi connectivity index (χ4n) is 3.02. The molecule has 0 aliphatic heterocycles. The molecule has 160 valence electrons. The van der Waals surface area contributed by atoms with Crippen molar-refractivity contribution in [3.05, 3.63) is 88.8 Å². The van der Waals surface area contributed by atoms with E-state index in [9.17, 15) is 19.5 Å². The number of hydrogen-bond acceptors (Lipinski definition) is 6. The number of carbonyl (C=O) groups is 1. The van der Waals surface area contributed by atoms with E-state index in [1.807, 2.05) is 32.0 Å². The fraction of sp³-hybridized carbons (Fsp3) is 0.190. The maximum absolute atomic E-state index is 12.0. The number of hydrogen-bond donors (Lipinski definition) is 1. The highest BCUT2D eigenvalue weighted by molar-refractivity contribution is 9.10. The molecule has 1 N–H and O–H groups in total. The van der Waals surface area contributed by atoms with Gasteiger partial charge in [-0.25, -0.2) is 9.97 Å². The minimum atomic E-state index is -0.771. The highest BCUT2D eigenvalue weighted by Crippen LogP contribution is 2.18. The lowest BCUT2D eigenvalue weighted by atomic mass is 10.2. The van der Waals surface area contributed by atoms with Crippen LogP contribution < -0.4 is 11.1 Å². The summed E-state index contributed by atoms with van der Waals surface area (Å²) >= 11 is 6.25. The molecule has 4 aromatic heterocycles. The number of rotatable bonds is 2. The molecular weight excluding hydrogens is 532 g/mol. The Bertz CT molecular complexity index is 1430. The van der Waals surface area contributed by atoms with Gasteiger partial charge >= 0.3 is 0 Å². The standard InChI is InChI=1S/C11H11BrN2O2.C10H7BrN2O2/c1-6-4-3-5-8-13-10(7(2)15)9(12)11(16)14(6)8;1-6-3-2-4-8-12-7(5-14)9(11)10(15)13(6)8/h3-5,7,15H,1-2H3;2-5H,1H3. The topological polar surface area (TPSA) is 106 Å². The highest BCUT2D eigenvalue weighted by atomic mass is 79.9. The number of halogens is 2. The number of aliphatic hydroxyl groups is 1. The number of aliphatic hydroxyl groups excluding tert-OH is 1. The zero-order valence-corrected chi connectivity index (χ0v) is 20.0. The first-order valence-electron chi connectivity index (χ1n) is 9.16. The molecule has 0 bridgehead atoms. The van der Waals surface area contributed by atoms with Gasteiger partial charge in [-0.2, -0.15) is 0 Å². The van der Waals surface area contributed by atoms with Crippen LogP contribution in [-0.2, 0) is 0 Å². The molecule has 0 saturated heterocycles. The van der Waals surface area contributed by atoms with Gasteiger partial charge in [0.15, 0.2) is 6.29 Å². The van der Waals surface area contributed by atoms with E-state index in [0.717, 1.165) is 11.4 Å².